The van der Waals surface area contributed by atoms with Crippen LogP contribution in [0.2, 0.25) is 0 Å². The molecule has 0 heterocycles. The number of aromatic hydroxyl groups is 6. The number of benzene rings is 4. The maximum atomic E-state index is 10.5. The van der Waals surface area contributed by atoms with Crippen LogP contribution in [-0.2, 0) is 32.5 Å². The summed E-state index contributed by atoms with van der Waals surface area (Å²) in [5, 5.41) is 81.5. The summed E-state index contributed by atoms with van der Waals surface area (Å²) in [6, 6.07) is 17.1. The van der Waals surface area contributed by atoms with Crippen LogP contribution in [0.25, 0.3) is 0 Å². The Morgan fingerprint density at radius 2 is 0.703 bits per heavy atom. The second-order valence-electron chi connectivity index (χ2n) is 8.97. The molecular formula is C29H28O8. The monoisotopic (exact) mass is 504 g/mol. The third kappa shape index (κ3) is 5.40. The molecule has 37 heavy (non-hydrogen) atoms. The fraction of sp³-hybridized carbons (Fsp3) is 0.172. The molecule has 4 aromatic carbocycles. The van der Waals surface area contributed by atoms with Gasteiger partial charge >= 0.3 is 0 Å². The van der Waals surface area contributed by atoms with Crippen LogP contribution < -0.4 is 0 Å². The third-order valence-corrected chi connectivity index (χ3v) is 6.33. The van der Waals surface area contributed by atoms with Gasteiger partial charge in [-0.3, -0.25) is 0 Å². The van der Waals surface area contributed by atoms with Crippen molar-refractivity contribution in [3.05, 3.63) is 105 Å². The van der Waals surface area contributed by atoms with Crippen molar-refractivity contribution in [3.63, 3.8) is 0 Å². The quantitative estimate of drug-likeness (QED) is 0.169. The standard InChI is InChI=1S/C29H28O8/c30-14-18-5-1-3-16(7-18)9-20-11-22(26(34)28(36)24(20)32)13-23-12-21(25(33)29(37)27(23)35)10-17-4-2-6-19(8-17)15-31/h1-8,11-12,30-37H,9-10,13-15H2. The summed E-state index contributed by atoms with van der Waals surface area (Å²) in [6.07, 6.45) is 0.256. The van der Waals surface area contributed by atoms with Crippen LogP contribution in [0.4, 0.5) is 0 Å². The van der Waals surface area contributed by atoms with Gasteiger partial charge in [0, 0.05) is 41.5 Å². The lowest BCUT2D eigenvalue weighted by Crippen LogP contribution is -1.98. The van der Waals surface area contributed by atoms with Gasteiger partial charge in [0.25, 0.3) is 0 Å². The Hall–Kier alpha value is -4.40. The molecule has 0 aromatic heterocycles. The van der Waals surface area contributed by atoms with E-state index in [1.54, 1.807) is 48.5 Å². The van der Waals surface area contributed by atoms with E-state index in [1.807, 2.05) is 0 Å². The van der Waals surface area contributed by atoms with Crippen LogP contribution in [0.15, 0.2) is 60.7 Å². The highest BCUT2D eigenvalue weighted by Crippen LogP contribution is 2.45. The molecule has 0 saturated carbocycles. The maximum absolute atomic E-state index is 10.5. The second kappa shape index (κ2) is 10.7. The molecule has 0 aliphatic carbocycles. The van der Waals surface area contributed by atoms with Gasteiger partial charge in [0.2, 0.25) is 11.5 Å². The largest absolute Gasteiger partial charge is 0.504 e. The molecule has 0 aliphatic heterocycles. The predicted molar refractivity (Wildman–Crippen MR) is 136 cm³/mol. The Morgan fingerprint density at radius 1 is 0.378 bits per heavy atom. The number of aliphatic hydroxyl groups excluding tert-OH is 2. The van der Waals surface area contributed by atoms with Crippen molar-refractivity contribution in [3.8, 4) is 34.5 Å². The highest BCUT2D eigenvalue weighted by atomic mass is 16.3. The summed E-state index contributed by atoms with van der Waals surface area (Å²) >= 11 is 0. The summed E-state index contributed by atoms with van der Waals surface area (Å²) < 4.78 is 0. The SMILES string of the molecule is OCc1cccc(Cc2cc(Cc3cc(Cc4cccc(CO)c4)c(O)c(O)c3O)c(O)c(O)c2O)c1. The minimum atomic E-state index is -0.714. The van der Waals surface area contributed by atoms with Gasteiger partial charge in [-0.25, -0.2) is 0 Å². The molecule has 0 aliphatic rings. The fourth-order valence-electron chi connectivity index (χ4n) is 4.39. The minimum absolute atomic E-state index is 0.132. The Bertz CT molecular complexity index is 1340. The fourth-order valence-corrected chi connectivity index (χ4v) is 4.39. The lowest BCUT2D eigenvalue weighted by atomic mass is 9.93. The first-order valence-corrected chi connectivity index (χ1v) is 11.6. The van der Waals surface area contributed by atoms with Crippen molar-refractivity contribution in [2.75, 3.05) is 0 Å². The molecule has 4 rings (SSSR count). The first kappa shape index (κ1) is 25.7. The molecule has 0 radical (unpaired) electrons. The van der Waals surface area contributed by atoms with E-state index in [-0.39, 0.29) is 43.6 Å². The van der Waals surface area contributed by atoms with E-state index in [2.05, 4.69) is 0 Å². The molecule has 0 bridgehead atoms. The number of phenols is 6. The first-order chi connectivity index (χ1) is 17.7. The second-order valence-corrected chi connectivity index (χ2v) is 8.97. The van der Waals surface area contributed by atoms with Crippen molar-refractivity contribution < 1.29 is 40.9 Å². The van der Waals surface area contributed by atoms with Crippen LogP contribution in [-0.4, -0.2) is 40.9 Å². The summed E-state index contributed by atoms with van der Waals surface area (Å²) in [5.74, 6) is -3.55. The van der Waals surface area contributed by atoms with E-state index in [0.717, 1.165) is 11.1 Å². The molecule has 8 nitrogen and oxygen atoms in total. The summed E-state index contributed by atoms with van der Waals surface area (Å²) in [5.41, 5.74) is 3.86. The van der Waals surface area contributed by atoms with Gasteiger partial charge in [-0.05, 0) is 34.4 Å². The van der Waals surface area contributed by atoms with Gasteiger partial charge in [0.1, 0.15) is 0 Å². The van der Waals surface area contributed by atoms with Crippen LogP contribution in [0, 0.1) is 0 Å². The first-order valence-electron chi connectivity index (χ1n) is 11.6. The molecule has 8 heteroatoms. The van der Waals surface area contributed by atoms with Crippen LogP contribution in [0.1, 0.15) is 44.5 Å². The van der Waals surface area contributed by atoms with E-state index in [0.29, 0.717) is 22.3 Å². The third-order valence-electron chi connectivity index (χ3n) is 6.33. The summed E-state index contributed by atoms with van der Waals surface area (Å²) in [4.78, 5) is 0. The molecule has 8 N–H and O–H groups in total. The Morgan fingerprint density at radius 3 is 1.05 bits per heavy atom. The summed E-state index contributed by atoms with van der Waals surface area (Å²) in [7, 11) is 0. The molecule has 192 valence electrons. The van der Waals surface area contributed by atoms with Gasteiger partial charge in [-0.15, -0.1) is 0 Å². The van der Waals surface area contributed by atoms with Crippen molar-refractivity contribution in [2.24, 2.45) is 0 Å². The topological polar surface area (TPSA) is 162 Å². The van der Waals surface area contributed by atoms with Gasteiger partial charge in [0.15, 0.2) is 23.0 Å². The highest BCUT2D eigenvalue weighted by molar-refractivity contribution is 5.63. The number of phenolic OH excluding ortho intramolecular Hbond substituents is 6. The molecular weight excluding hydrogens is 476 g/mol. The molecule has 0 unspecified atom stereocenters. The zero-order valence-corrected chi connectivity index (χ0v) is 19.9. The summed E-state index contributed by atoms with van der Waals surface area (Å²) in [6.45, 7) is -0.301. The molecule has 0 spiro atoms. The molecule has 0 atom stereocenters. The highest BCUT2D eigenvalue weighted by Gasteiger charge is 2.22. The molecule has 0 amide bonds. The number of hydrogen-bond donors (Lipinski definition) is 8. The smallest absolute Gasteiger partial charge is 0.200 e. The number of rotatable bonds is 8. The van der Waals surface area contributed by atoms with Crippen LogP contribution in [0.5, 0.6) is 34.5 Å². The van der Waals surface area contributed by atoms with Gasteiger partial charge in [-0.2, -0.15) is 0 Å². The minimum Gasteiger partial charge on any atom is -0.504 e. The predicted octanol–water partition coefficient (Wildman–Crippen LogP) is 3.68. The zero-order valence-electron chi connectivity index (χ0n) is 19.9. The van der Waals surface area contributed by atoms with E-state index < -0.39 is 34.5 Å². The van der Waals surface area contributed by atoms with Crippen LogP contribution in [0.3, 0.4) is 0 Å². The number of aliphatic hydroxyl groups is 2. The van der Waals surface area contributed by atoms with Crippen LogP contribution >= 0.6 is 0 Å². The van der Waals surface area contributed by atoms with Crippen molar-refractivity contribution in [1.29, 1.82) is 0 Å². The van der Waals surface area contributed by atoms with Crippen molar-refractivity contribution in [2.45, 2.75) is 32.5 Å². The molecule has 0 saturated heterocycles. The molecule has 0 fully saturated rings. The molecule has 4 aromatic rings. The van der Waals surface area contributed by atoms with Crippen molar-refractivity contribution >= 4 is 0 Å². The normalized spacial score (nSPS) is 11.1. The van der Waals surface area contributed by atoms with Crippen molar-refractivity contribution in [1.82, 2.24) is 0 Å². The Labute approximate surface area is 213 Å². The maximum Gasteiger partial charge on any atom is 0.200 e. The van der Waals surface area contributed by atoms with E-state index in [4.69, 9.17) is 0 Å². The van der Waals surface area contributed by atoms with E-state index >= 15 is 0 Å². The average molecular weight is 505 g/mol. The van der Waals surface area contributed by atoms with Gasteiger partial charge < -0.3 is 40.9 Å². The Kier molecular flexibility index (Phi) is 7.42. The number of hydrogen-bond acceptors (Lipinski definition) is 8. The van der Waals surface area contributed by atoms with Gasteiger partial charge in [0.05, 0.1) is 13.2 Å². The lowest BCUT2D eigenvalue weighted by Gasteiger charge is -2.16. The van der Waals surface area contributed by atoms with E-state index in [1.165, 1.54) is 12.1 Å². The lowest BCUT2D eigenvalue weighted by molar-refractivity contribution is 0.281. The zero-order chi connectivity index (χ0) is 26.7. The van der Waals surface area contributed by atoms with Gasteiger partial charge in [-0.1, -0.05) is 48.5 Å². The average Bonchev–Trinajstić information content (AvgIpc) is 2.91. The van der Waals surface area contributed by atoms with E-state index in [9.17, 15) is 40.9 Å². The Balaban J connectivity index is 1.71.